The summed E-state index contributed by atoms with van der Waals surface area (Å²) in [5, 5.41) is 10.5. The van der Waals surface area contributed by atoms with Crippen molar-refractivity contribution in [3.8, 4) is 0 Å². The Labute approximate surface area is 343 Å². The number of ketones is 1. The summed E-state index contributed by atoms with van der Waals surface area (Å²) in [4.78, 5) is 44.0. The molecule has 1 aromatic carbocycles. The van der Waals surface area contributed by atoms with Gasteiger partial charge in [0.1, 0.15) is 6.10 Å². The second-order valence-corrected chi connectivity index (χ2v) is 21.6. The van der Waals surface area contributed by atoms with Gasteiger partial charge in [0, 0.05) is 41.9 Å². The third kappa shape index (κ3) is 7.27. The molecule has 8 heteroatoms. The smallest absolute Gasteiger partial charge is 0.309 e. The van der Waals surface area contributed by atoms with Gasteiger partial charge < -0.3 is 14.7 Å². The van der Waals surface area contributed by atoms with E-state index in [1.165, 1.54) is 5.57 Å². The molecule has 0 aromatic heterocycles. The molecule has 1 aromatic rings. The van der Waals surface area contributed by atoms with Crippen molar-refractivity contribution in [1.82, 2.24) is 9.80 Å². The molecule has 310 valence electrons. The molecule has 0 spiro atoms. The minimum Gasteiger partial charge on any atom is -0.481 e. The number of Topliss-reactive ketones (excluding diaryl/α,β-unsaturated/α-hetero) is 1. The van der Waals surface area contributed by atoms with Gasteiger partial charge in [0.05, 0.1) is 11.8 Å². The predicted molar refractivity (Wildman–Crippen MR) is 225 cm³/mol. The molecule has 7 nitrogen and oxygen atoms in total. The first-order valence-corrected chi connectivity index (χ1v) is 21.9. The highest BCUT2D eigenvalue weighted by Crippen LogP contribution is 2.75. The minimum absolute atomic E-state index is 0.0391. The van der Waals surface area contributed by atoms with Crippen LogP contribution in [0.25, 0.3) is 0 Å². The number of aliphatic carboxylic acids is 1. The zero-order valence-electron chi connectivity index (χ0n) is 36.4. The largest absolute Gasteiger partial charge is 0.481 e. The summed E-state index contributed by atoms with van der Waals surface area (Å²) in [5.41, 5.74) is 2.07. The van der Waals surface area contributed by atoms with Crippen LogP contribution in [0.1, 0.15) is 126 Å². The monoisotopic (exact) mass is 791 g/mol. The normalized spacial score (nSPS) is 35.0. The highest BCUT2D eigenvalue weighted by Gasteiger charge is 2.69. The number of ether oxygens (including phenoxy) is 1. The lowest BCUT2D eigenvalue weighted by Gasteiger charge is -2.71. The van der Waals surface area contributed by atoms with Gasteiger partial charge in [-0.05, 0) is 142 Å². The number of hydrogen-bond donors (Lipinski definition) is 1. The zero-order chi connectivity index (χ0) is 41.2. The van der Waals surface area contributed by atoms with Crippen LogP contribution in [0.2, 0.25) is 5.02 Å². The van der Waals surface area contributed by atoms with Crippen LogP contribution in [0.3, 0.4) is 0 Å². The maximum Gasteiger partial charge on any atom is 0.309 e. The Morgan fingerprint density at radius 3 is 2.29 bits per heavy atom. The Morgan fingerprint density at radius 2 is 1.64 bits per heavy atom. The number of carboxylic acid groups (broad SMARTS) is 1. The van der Waals surface area contributed by atoms with Gasteiger partial charge in [0.25, 0.3) is 0 Å². The second kappa shape index (κ2) is 15.3. The van der Waals surface area contributed by atoms with Gasteiger partial charge in [-0.1, -0.05) is 90.4 Å². The maximum absolute atomic E-state index is 14.3. The molecule has 56 heavy (non-hydrogen) atoms. The number of carbonyl (C=O) groups excluding carboxylic acids is 2. The topological polar surface area (TPSA) is 87.2 Å². The van der Waals surface area contributed by atoms with E-state index in [9.17, 15) is 19.5 Å². The Bertz CT molecular complexity index is 1760. The van der Waals surface area contributed by atoms with Gasteiger partial charge in [0.2, 0.25) is 0 Å². The highest BCUT2D eigenvalue weighted by molar-refractivity contribution is 6.31. The number of fused-ring (bicyclic) bond motifs is 7. The molecule has 0 aliphatic heterocycles. The number of esters is 1. The lowest BCUT2D eigenvalue weighted by molar-refractivity contribution is -0.220. The molecule has 0 amide bonds. The molecule has 0 unspecified atom stereocenters. The van der Waals surface area contributed by atoms with Crippen molar-refractivity contribution < 1.29 is 24.2 Å². The van der Waals surface area contributed by atoms with Crippen LogP contribution in [-0.4, -0.2) is 72.5 Å². The summed E-state index contributed by atoms with van der Waals surface area (Å²) < 4.78 is 6.20. The molecule has 0 radical (unpaired) electrons. The average molecular weight is 792 g/mol. The van der Waals surface area contributed by atoms with E-state index in [1.54, 1.807) is 13.8 Å². The molecule has 0 bridgehead atoms. The van der Waals surface area contributed by atoms with Crippen molar-refractivity contribution in [2.75, 3.05) is 33.7 Å². The van der Waals surface area contributed by atoms with Crippen LogP contribution in [0.15, 0.2) is 47.6 Å². The Hall–Kier alpha value is -2.48. The number of rotatable bonds is 13. The van der Waals surface area contributed by atoms with Crippen molar-refractivity contribution in [2.24, 2.45) is 56.2 Å². The van der Waals surface area contributed by atoms with Crippen molar-refractivity contribution in [2.45, 2.75) is 133 Å². The van der Waals surface area contributed by atoms with E-state index in [4.69, 9.17) is 16.3 Å². The van der Waals surface area contributed by atoms with Crippen molar-refractivity contribution in [1.29, 1.82) is 0 Å². The van der Waals surface area contributed by atoms with E-state index < -0.39 is 17.4 Å². The first kappa shape index (κ1) is 43.1. The van der Waals surface area contributed by atoms with Crippen LogP contribution in [0.4, 0.5) is 0 Å². The number of benzene rings is 1. The minimum atomic E-state index is -1.16. The molecule has 0 heterocycles. The highest BCUT2D eigenvalue weighted by atomic mass is 35.5. The van der Waals surface area contributed by atoms with Crippen molar-refractivity contribution >= 4 is 29.3 Å². The van der Waals surface area contributed by atoms with Gasteiger partial charge in [-0.15, -0.1) is 0 Å². The van der Waals surface area contributed by atoms with Gasteiger partial charge in [-0.3, -0.25) is 19.3 Å². The molecule has 6 rings (SSSR count). The zero-order valence-corrected chi connectivity index (χ0v) is 37.2. The summed E-state index contributed by atoms with van der Waals surface area (Å²) in [6, 6.07) is 8.17. The van der Waals surface area contributed by atoms with Crippen LogP contribution < -0.4 is 0 Å². The van der Waals surface area contributed by atoms with Crippen LogP contribution in [0.5, 0.6) is 0 Å². The fourth-order valence-electron chi connectivity index (χ4n) is 13.1. The Kier molecular flexibility index (Phi) is 11.8. The van der Waals surface area contributed by atoms with Gasteiger partial charge in [-0.2, -0.15) is 0 Å². The summed E-state index contributed by atoms with van der Waals surface area (Å²) >= 11 is 6.69. The molecule has 8 atom stereocenters. The quantitative estimate of drug-likeness (QED) is 0.157. The van der Waals surface area contributed by atoms with E-state index in [0.29, 0.717) is 30.0 Å². The summed E-state index contributed by atoms with van der Waals surface area (Å²) in [6.07, 6.45) is 12.4. The van der Waals surface area contributed by atoms with Crippen LogP contribution in [-0.2, 0) is 25.7 Å². The number of hydrogen-bond acceptors (Lipinski definition) is 6. The molecule has 5 aliphatic rings. The van der Waals surface area contributed by atoms with E-state index in [-0.39, 0.29) is 45.5 Å². The third-order valence-electron chi connectivity index (χ3n) is 16.5. The Morgan fingerprint density at radius 1 is 0.946 bits per heavy atom. The van der Waals surface area contributed by atoms with E-state index in [1.807, 2.05) is 12.1 Å². The van der Waals surface area contributed by atoms with E-state index in [2.05, 4.69) is 96.6 Å². The lowest BCUT2D eigenvalue weighted by Crippen LogP contribution is -2.65. The van der Waals surface area contributed by atoms with Gasteiger partial charge >= 0.3 is 11.9 Å². The SMILES string of the molecule is CC(C)C1=C2[C@H]3CC[C@@H]4[C@@]5(C)CC[C@H](OC(=O)CC(C)(C)C(=O)O)C(C)(C)[C@@H]5CC[C@@]4(C)[C@]3(C)C=C[C@@]2(CCN(CCN(C)C)Cc2ccccc2Cl)CC1=O. The number of nitrogens with zero attached hydrogens (tertiary/aromatic N) is 2. The fourth-order valence-corrected chi connectivity index (χ4v) is 13.3. The van der Waals surface area contributed by atoms with Crippen LogP contribution in [0, 0.1) is 56.2 Å². The van der Waals surface area contributed by atoms with Crippen LogP contribution >= 0.6 is 11.6 Å². The predicted octanol–water partition coefficient (Wildman–Crippen LogP) is 10.3. The van der Waals surface area contributed by atoms with E-state index in [0.717, 1.165) is 87.3 Å². The summed E-state index contributed by atoms with van der Waals surface area (Å²) in [5.74, 6) is 0.326. The average Bonchev–Trinajstić information content (AvgIpc) is 3.40. The number of allylic oxidation sites excluding steroid dienone is 4. The molecule has 3 saturated carbocycles. The van der Waals surface area contributed by atoms with Crippen molar-refractivity contribution in [3.05, 3.63) is 58.1 Å². The standard InChI is InChI=1S/C48H71ClN2O5/c1-31(2)40-35(52)28-48(24-25-51(27-26-50(10)11)30-32-14-12-13-15-34(32)49)23-22-46(8)33(41(40)48)16-17-37-45(7)20-19-38(56-39(53)29-43(3,4)42(54)55)44(5,6)36(45)18-21-47(37,46)9/h12-15,22-23,31,33,36-38H,16-21,24-30H2,1-11H3,(H,54,55)/t33-,36+,37-,38+,45+,46-,47-,48-/m1/s1. The van der Waals surface area contributed by atoms with E-state index >= 15 is 0 Å². The molecule has 1 N–H and O–H groups in total. The number of carbonyl (C=O) groups is 3. The number of likely N-dealkylation sites (N-methyl/N-ethyl adjacent to an activating group) is 1. The maximum atomic E-state index is 14.3. The molecule has 5 aliphatic carbocycles. The molecule has 0 saturated heterocycles. The number of halogens is 1. The fraction of sp³-hybridized carbons (Fsp3) is 0.729. The lowest BCUT2D eigenvalue weighted by atomic mass is 9.34. The summed E-state index contributed by atoms with van der Waals surface area (Å²) in [7, 11) is 4.25. The summed E-state index contributed by atoms with van der Waals surface area (Å²) in [6.45, 7) is 23.4. The van der Waals surface area contributed by atoms with Gasteiger partial charge in [0.15, 0.2) is 5.78 Å². The molecule has 3 fully saturated rings. The molecular weight excluding hydrogens is 720 g/mol. The Balaban J connectivity index is 1.30. The third-order valence-corrected chi connectivity index (χ3v) is 16.9. The van der Waals surface area contributed by atoms with Crippen molar-refractivity contribution in [3.63, 3.8) is 0 Å². The first-order chi connectivity index (χ1) is 26.0. The second-order valence-electron chi connectivity index (χ2n) is 21.2. The first-order valence-electron chi connectivity index (χ1n) is 21.5. The molecular formula is C48H71ClN2O5. The van der Waals surface area contributed by atoms with Gasteiger partial charge in [-0.25, -0.2) is 0 Å². The number of carboxylic acids is 1.